The lowest BCUT2D eigenvalue weighted by molar-refractivity contribution is 0.0545. The van der Waals surface area contributed by atoms with Crippen molar-refractivity contribution in [3.63, 3.8) is 0 Å². The third-order valence-corrected chi connectivity index (χ3v) is 2.53. The Hall–Kier alpha value is -0.180. The maximum atomic E-state index is 5.19. The van der Waals surface area contributed by atoms with Gasteiger partial charge in [-0.05, 0) is 31.3 Å². The Balaban J connectivity index is 2.13. The van der Waals surface area contributed by atoms with Crippen molar-refractivity contribution in [2.24, 2.45) is 5.16 Å². The largest absolute Gasteiger partial charge is 0.393 e. The van der Waals surface area contributed by atoms with Crippen LogP contribution >= 0.6 is 11.8 Å². The second-order valence-electron chi connectivity index (χ2n) is 2.28. The summed E-state index contributed by atoms with van der Waals surface area (Å²) in [6.07, 6.45) is 4.39. The van der Waals surface area contributed by atoms with E-state index in [1.165, 1.54) is 11.5 Å². The first kappa shape index (κ1) is 7.92. The summed E-state index contributed by atoms with van der Waals surface area (Å²) in [5, 5.41) is 3.76. The van der Waals surface area contributed by atoms with Crippen molar-refractivity contribution in [2.75, 3.05) is 11.5 Å². The van der Waals surface area contributed by atoms with Gasteiger partial charge in [-0.2, -0.15) is 11.8 Å². The van der Waals surface area contributed by atoms with Gasteiger partial charge in [-0.15, -0.1) is 0 Å². The maximum Gasteiger partial charge on any atom is 0.129 e. The summed E-state index contributed by atoms with van der Waals surface area (Å²) < 4.78 is 0. The number of hydrogen-bond acceptors (Lipinski definition) is 3. The van der Waals surface area contributed by atoms with Crippen molar-refractivity contribution in [3.8, 4) is 0 Å². The Bertz CT molecular complexity index is 110. The number of rotatable bonds is 2. The zero-order valence-electron chi connectivity index (χ0n) is 6.25. The molecule has 1 heterocycles. The van der Waals surface area contributed by atoms with Gasteiger partial charge in [0.2, 0.25) is 0 Å². The van der Waals surface area contributed by atoms with Gasteiger partial charge in [0.15, 0.2) is 0 Å². The van der Waals surface area contributed by atoms with E-state index in [1.54, 1.807) is 6.21 Å². The molecule has 0 bridgehead atoms. The number of hydrogen-bond donors (Lipinski definition) is 0. The molecule has 0 spiro atoms. The molecular weight excluding hydrogens is 146 g/mol. The van der Waals surface area contributed by atoms with Gasteiger partial charge in [0.1, 0.15) is 6.10 Å². The summed E-state index contributed by atoms with van der Waals surface area (Å²) in [5.41, 5.74) is 0. The third-order valence-electron chi connectivity index (χ3n) is 1.48. The highest BCUT2D eigenvalue weighted by molar-refractivity contribution is 7.99. The van der Waals surface area contributed by atoms with Crippen LogP contribution in [0.25, 0.3) is 0 Å². The van der Waals surface area contributed by atoms with E-state index in [-0.39, 0.29) is 0 Å². The van der Waals surface area contributed by atoms with Crippen LogP contribution in [0.15, 0.2) is 5.16 Å². The van der Waals surface area contributed by atoms with Crippen LogP contribution in [-0.2, 0) is 4.84 Å². The molecule has 2 nitrogen and oxygen atoms in total. The van der Waals surface area contributed by atoms with Crippen molar-refractivity contribution in [2.45, 2.75) is 25.9 Å². The molecule has 0 aromatic rings. The molecular formula is C7H13NOS. The first-order valence-corrected chi connectivity index (χ1v) is 4.80. The normalized spacial score (nSPS) is 21.7. The van der Waals surface area contributed by atoms with Crippen molar-refractivity contribution >= 4 is 18.0 Å². The first-order chi connectivity index (χ1) is 4.93. The van der Waals surface area contributed by atoms with Gasteiger partial charge in [-0.3, -0.25) is 0 Å². The summed E-state index contributed by atoms with van der Waals surface area (Å²) in [6.45, 7) is 1.87. The monoisotopic (exact) mass is 159 g/mol. The Labute approximate surface area is 66.0 Å². The number of nitrogens with zero attached hydrogens (tertiary/aromatic N) is 1. The average molecular weight is 159 g/mol. The maximum absolute atomic E-state index is 5.19. The molecule has 0 amide bonds. The second kappa shape index (κ2) is 4.61. The molecule has 1 rings (SSSR count). The zero-order chi connectivity index (χ0) is 7.23. The molecule has 58 valence electrons. The fraction of sp³-hybridized carbons (Fsp3) is 0.857. The molecule has 0 aromatic heterocycles. The van der Waals surface area contributed by atoms with E-state index in [0.717, 1.165) is 12.8 Å². The van der Waals surface area contributed by atoms with E-state index in [9.17, 15) is 0 Å². The molecule has 0 N–H and O–H groups in total. The smallest absolute Gasteiger partial charge is 0.129 e. The van der Waals surface area contributed by atoms with Crippen LogP contribution in [0.4, 0.5) is 0 Å². The van der Waals surface area contributed by atoms with E-state index in [2.05, 4.69) is 5.16 Å². The second-order valence-corrected chi connectivity index (χ2v) is 3.51. The van der Waals surface area contributed by atoms with Crippen LogP contribution < -0.4 is 0 Å². The molecule has 10 heavy (non-hydrogen) atoms. The molecule has 1 aliphatic rings. The van der Waals surface area contributed by atoms with Crippen LogP contribution in [0.1, 0.15) is 19.8 Å². The molecule has 0 unspecified atom stereocenters. The van der Waals surface area contributed by atoms with Gasteiger partial charge in [0.25, 0.3) is 0 Å². The fourth-order valence-electron chi connectivity index (χ4n) is 0.928. The topological polar surface area (TPSA) is 21.6 Å². The minimum Gasteiger partial charge on any atom is -0.393 e. The zero-order valence-corrected chi connectivity index (χ0v) is 7.06. The lowest BCUT2D eigenvalue weighted by Gasteiger charge is -2.18. The predicted molar refractivity (Wildman–Crippen MR) is 45.6 cm³/mol. The van der Waals surface area contributed by atoms with Crippen molar-refractivity contribution in [1.82, 2.24) is 0 Å². The van der Waals surface area contributed by atoms with Gasteiger partial charge in [0.05, 0.1) is 0 Å². The van der Waals surface area contributed by atoms with Crippen molar-refractivity contribution in [3.05, 3.63) is 0 Å². The Kier molecular flexibility index (Phi) is 3.65. The van der Waals surface area contributed by atoms with Gasteiger partial charge < -0.3 is 4.84 Å². The lowest BCUT2D eigenvalue weighted by atomic mass is 10.2. The third kappa shape index (κ3) is 2.60. The van der Waals surface area contributed by atoms with E-state index in [1.807, 2.05) is 18.7 Å². The number of oxime groups is 1. The van der Waals surface area contributed by atoms with Gasteiger partial charge in [-0.1, -0.05) is 5.16 Å². The van der Waals surface area contributed by atoms with Gasteiger partial charge in [0, 0.05) is 6.21 Å². The Morgan fingerprint density at radius 3 is 2.80 bits per heavy atom. The number of thioether (sulfide) groups is 1. The summed E-state index contributed by atoms with van der Waals surface area (Å²) in [7, 11) is 0. The van der Waals surface area contributed by atoms with Gasteiger partial charge in [-0.25, -0.2) is 0 Å². The highest BCUT2D eigenvalue weighted by atomic mass is 32.2. The highest BCUT2D eigenvalue weighted by Crippen LogP contribution is 2.19. The molecule has 0 atom stereocenters. The van der Waals surface area contributed by atoms with Crippen LogP contribution in [0.2, 0.25) is 0 Å². The van der Waals surface area contributed by atoms with Crippen LogP contribution in [0.5, 0.6) is 0 Å². The standard InChI is InChI=1S/C7H13NOS/c1-2-8-9-7-3-5-10-6-4-7/h2,7H,3-6H2,1H3/b8-2-. The molecule has 1 aliphatic heterocycles. The molecule has 0 aliphatic carbocycles. The molecule has 0 saturated carbocycles. The predicted octanol–water partition coefficient (Wildman–Crippen LogP) is 1.90. The Morgan fingerprint density at radius 2 is 2.20 bits per heavy atom. The van der Waals surface area contributed by atoms with E-state index >= 15 is 0 Å². The summed E-state index contributed by atoms with van der Waals surface area (Å²) >= 11 is 2.00. The average Bonchev–Trinajstić information content (AvgIpc) is 2.03. The molecule has 1 fully saturated rings. The van der Waals surface area contributed by atoms with Gasteiger partial charge >= 0.3 is 0 Å². The summed E-state index contributed by atoms with van der Waals surface area (Å²) in [6, 6.07) is 0. The Morgan fingerprint density at radius 1 is 1.50 bits per heavy atom. The SMILES string of the molecule is C/C=N\OC1CCSCC1. The van der Waals surface area contributed by atoms with E-state index < -0.39 is 0 Å². The fourth-order valence-corrected chi connectivity index (χ4v) is 1.99. The molecule has 0 radical (unpaired) electrons. The molecule has 3 heteroatoms. The quantitative estimate of drug-likeness (QED) is 0.453. The lowest BCUT2D eigenvalue weighted by Crippen LogP contribution is -2.16. The first-order valence-electron chi connectivity index (χ1n) is 3.65. The van der Waals surface area contributed by atoms with Crippen LogP contribution in [-0.4, -0.2) is 23.8 Å². The highest BCUT2D eigenvalue weighted by Gasteiger charge is 2.13. The van der Waals surface area contributed by atoms with E-state index in [0.29, 0.717) is 6.10 Å². The summed E-state index contributed by atoms with van der Waals surface area (Å²) in [5.74, 6) is 2.45. The van der Waals surface area contributed by atoms with E-state index in [4.69, 9.17) is 4.84 Å². The van der Waals surface area contributed by atoms with Crippen LogP contribution in [0.3, 0.4) is 0 Å². The minimum atomic E-state index is 0.387. The summed E-state index contributed by atoms with van der Waals surface area (Å²) in [4.78, 5) is 5.19. The minimum absolute atomic E-state index is 0.387. The van der Waals surface area contributed by atoms with Crippen molar-refractivity contribution < 1.29 is 4.84 Å². The van der Waals surface area contributed by atoms with Crippen molar-refractivity contribution in [1.29, 1.82) is 0 Å². The molecule has 1 saturated heterocycles. The molecule has 0 aromatic carbocycles. The van der Waals surface area contributed by atoms with Crippen LogP contribution in [0, 0.1) is 0 Å².